The fraction of sp³-hybridized carbons (Fsp3) is 0.629. The summed E-state index contributed by atoms with van der Waals surface area (Å²) >= 11 is 0. The summed E-state index contributed by atoms with van der Waals surface area (Å²) in [5.74, 6) is -3.53. The summed E-state index contributed by atoms with van der Waals surface area (Å²) in [6.45, 7) is 7.25. The number of carbonyl (C=O) groups excluding carboxylic acids is 5. The molecule has 52 heavy (non-hydrogen) atoms. The number of alkyl halides is 2. The normalized spacial score (nSPS) is 29.2. The average Bonchev–Trinajstić information content (AvgIpc) is 3.95. The zero-order valence-corrected chi connectivity index (χ0v) is 30.0. The first-order valence-corrected chi connectivity index (χ1v) is 19.2. The molecule has 4 bridgehead atoms. The number of hydrogen-bond acceptors (Lipinski definition) is 9. The van der Waals surface area contributed by atoms with Gasteiger partial charge in [-0.05, 0) is 75.5 Å². The number of rotatable bonds is 8. The summed E-state index contributed by atoms with van der Waals surface area (Å²) in [5, 5.41) is 4.15. The van der Waals surface area contributed by atoms with E-state index < -0.39 is 93.3 Å². The van der Waals surface area contributed by atoms with Crippen molar-refractivity contribution in [2.75, 3.05) is 6.54 Å². The van der Waals surface area contributed by atoms with Crippen LogP contribution in [0.15, 0.2) is 30.9 Å². The smallest absolute Gasteiger partial charge is 0.410 e. The van der Waals surface area contributed by atoms with Crippen LogP contribution in [0.1, 0.15) is 81.9 Å². The van der Waals surface area contributed by atoms with Crippen LogP contribution in [0.25, 0.3) is 0 Å². The van der Waals surface area contributed by atoms with Crippen LogP contribution in [-0.4, -0.2) is 95.7 Å². The third kappa shape index (κ3) is 8.03. The monoisotopic (exact) mass is 749 g/mol. The number of hydrogen-bond donors (Lipinski definition) is 3. The molecule has 5 atom stereocenters. The summed E-state index contributed by atoms with van der Waals surface area (Å²) < 4.78 is 66.4. The van der Waals surface area contributed by atoms with Crippen LogP contribution in [0.2, 0.25) is 0 Å². The Morgan fingerprint density at radius 3 is 2.54 bits per heavy atom. The van der Waals surface area contributed by atoms with Gasteiger partial charge in [-0.1, -0.05) is 24.3 Å². The molecular weight excluding hydrogens is 704 g/mol. The summed E-state index contributed by atoms with van der Waals surface area (Å²) in [6, 6.07) is 2.61. The highest BCUT2D eigenvalue weighted by molar-refractivity contribution is 7.91. The third-order valence-corrected chi connectivity index (χ3v) is 12.4. The lowest BCUT2D eigenvalue weighted by molar-refractivity contribution is -0.141. The molecule has 5 aliphatic rings. The molecule has 17 heteroatoms. The number of carbonyl (C=O) groups is 5. The zero-order chi connectivity index (χ0) is 37.6. The number of amides is 5. The van der Waals surface area contributed by atoms with E-state index in [4.69, 9.17) is 9.47 Å². The minimum Gasteiger partial charge on any atom is -0.444 e. The second-order valence-electron chi connectivity index (χ2n) is 15.0. The lowest BCUT2D eigenvalue weighted by Gasteiger charge is -2.31. The number of alkyl carbamates (subject to hydrolysis) is 1. The van der Waals surface area contributed by atoms with Gasteiger partial charge in [-0.3, -0.25) is 24.0 Å². The second-order valence-corrected chi connectivity index (χ2v) is 17.0. The molecule has 3 N–H and O–H groups in total. The Morgan fingerprint density at radius 1 is 1.13 bits per heavy atom. The summed E-state index contributed by atoms with van der Waals surface area (Å²) in [5.41, 5.74) is 0.358. The Morgan fingerprint density at radius 2 is 1.87 bits per heavy atom. The predicted molar refractivity (Wildman–Crippen MR) is 181 cm³/mol. The molecule has 1 aromatic rings. The molecule has 2 saturated carbocycles. The van der Waals surface area contributed by atoms with Gasteiger partial charge < -0.3 is 25.0 Å². The maximum atomic E-state index is 14.0. The number of fused-ring (bicyclic) bond motifs is 3. The Balaban J connectivity index is 1.28. The molecule has 6 rings (SSSR count). The van der Waals surface area contributed by atoms with Crippen LogP contribution in [0.5, 0.6) is 0 Å². The number of aryl methyl sites for hydroxylation is 1. The first-order chi connectivity index (χ1) is 24.5. The van der Waals surface area contributed by atoms with E-state index in [1.807, 2.05) is 18.2 Å². The molecule has 14 nitrogen and oxygen atoms in total. The van der Waals surface area contributed by atoms with Gasteiger partial charge in [0.2, 0.25) is 28.3 Å². The molecule has 2 aliphatic carbocycles. The number of nitrogens with zero attached hydrogens (tertiary/aromatic N) is 2. The van der Waals surface area contributed by atoms with Crippen LogP contribution < -0.4 is 15.4 Å². The molecule has 1 aromatic carbocycles. The molecular formula is C35H45F2N5O9S. The van der Waals surface area contributed by atoms with Gasteiger partial charge >= 0.3 is 12.2 Å². The van der Waals surface area contributed by atoms with Crippen molar-refractivity contribution in [3.05, 3.63) is 47.5 Å². The lowest BCUT2D eigenvalue weighted by atomic mass is 9.95. The first-order valence-electron chi connectivity index (χ1n) is 17.7. The van der Waals surface area contributed by atoms with Crippen molar-refractivity contribution in [2.24, 2.45) is 5.92 Å². The number of benzene rings is 1. The fourth-order valence-corrected chi connectivity index (χ4v) is 8.77. The zero-order valence-electron chi connectivity index (χ0n) is 29.2. The minimum absolute atomic E-state index is 0.0298. The standard InChI is InChI=1S/C35H45F2N5O9S/c1-4-22-16-35(22,31(45)40-52(48,49)24-11-12-24)39-29(43)27-14-23-18-42(27)30(44)26(15-28(36)37)38-32(46)51-34(2,3)13-6-5-8-20-9-7-10-21-17-41(19-25(20)21)33(47)50-23/h4,7,9-10,22-24,26-28H,1,5-6,8,11-19H2,2-3H3,(H,38,46)(H,39,43)(H,40,45)/t22-,23-,26+,27+,35+/m1/s1. The van der Waals surface area contributed by atoms with Crippen molar-refractivity contribution in [2.45, 2.75) is 126 Å². The summed E-state index contributed by atoms with van der Waals surface area (Å²) in [7, 11) is -3.98. The molecule has 0 aromatic heterocycles. The van der Waals surface area contributed by atoms with Crippen molar-refractivity contribution in [1.82, 2.24) is 25.2 Å². The van der Waals surface area contributed by atoms with E-state index in [0.29, 0.717) is 32.1 Å². The molecule has 0 radical (unpaired) electrons. The first kappa shape index (κ1) is 37.5. The van der Waals surface area contributed by atoms with Crippen molar-refractivity contribution in [3.8, 4) is 0 Å². The SMILES string of the molecule is C=C[C@@H]1C[C@@]1(NC(=O)[C@@H]1C[C@@H]2CN1C(=O)[C@H](CC(F)F)NC(=O)OC(C)(C)CCCCc1cccc3c1CN(C3)C(=O)O2)C(=O)NS(=O)(=O)C1CC1. The van der Waals surface area contributed by atoms with E-state index >= 15 is 0 Å². The van der Waals surface area contributed by atoms with E-state index in [0.717, 1.165) is 28.0 Å². The number of cyclic esters (lactones) is 1. The third-order valence-electron chi connectivity index (χ3n) is 10.6. The van der Waals surface area contributed by atoms with Crippen molar-refractivity contribution in [3.63, 3.8) is 0 Å². The van der Waals surface area contributed by atoms with Gasteiger partial charge in [0.25, 0.3) is 5.91 Å². The molecule has 5 amide bonds. The van der Waals surface area contributed by atoms with Crippen LogP contribution in [-0.2, 0) is 53.4 Å². The highest BCUT2D eigenvalue weighted by Crippen LogP contribution is 2.45. The van der Waals surface area contributed by atoms with E-state index in [2.05, 4.69) is 21.9 Å². The number of ether oxygens (including phenoxy) is 2. The van der Waals surface area contributed by atoms with Gasteiger partial charge in [-0.15, -0.1) is 6.58 Å². The molecule has 284 valence electrons. The Kier molecular flexibility index (Phi) is 10.3. The van der Waals surface area contributed by atoms with Crippen LogP contribution in [0.3, 0.4) is 0 Å². The van der Waals surface area contributed by atoms with E-state index in [9.17, 15) is 41.2 Å². The predicted octanol–water partition coefficient (Wildman–Crippen LogP) is 3.03. The van der Waals surface area contributed by atoms with Crippen molar-refractivity contribution >= 4 is 39.9 Å². The quantitative estimate of drug-likeness (QED) is 0.337. The van der Waals surface area contributed by atoms with Gasteiger partial charge in [0.05, 0.1) is 11.8 Å². The molecule has 1 saturated heterocycles. The van der Waals surface area contributed by atoms with Gasteiger partial charge in [0.1, 0.15) is 29.3 Å². The van der Waals surface area contributed by atoms with E-state index in [1.165, 1.54) is 11.0 Å². The van der Waals surface area contributed by atoms with Crippen LogP contribution in [0.4, 0.5) is 18.4 Å². The van der Waals surface area contributed by atoms with Crippen molar-refractivity contribution < 1.29 is 50.6 Å². The van der Waals surface area contributed by atoms with E-state index in [1.54, 1.807) is 13.8 Å². The van der Waals surface area contributed by atoms with Gasteiger partial charge in [0, 0.05) is 31.8 Å². The van der Waals surface area contributed by atoms with Crippen LogP contribution in [0, 0.1) is 5.92 Å². The van der Waals surface area contributed by atoms with Gasteiger partial charge in [0.15, 0.2) is 0 Å². The highest BCUT2D eigenvalue weighted by Gasteiger charge is 2.62. The number of sulfonamides is 1. The topological polar surface area (TPSA) is 181 Å². The lowest BCUT2D eigenvalue weighted by Crippen LogP contribution is -2.58. The minimum atomic E-state index is -3.98. The van der Waals surface area contributed by atoms with Crippen molar-refractivity contribution in [1.29, 1.82) is 0 Å². The number of nitrogens with one attached hydrogen (secondary N) is 3. The van der Waals surface area contributed by atoms with E-state index in [-0.39, 0.29) is 32.5 Å². The molecule has 3 fully saturated rings. The largest absolute Gasteiger partial charge is 0.444 e. The highest BCUT2D eigenvalue weighted by atomic mass is 32.2. The molecule has 3 heterocycles. The maximum absolute atomic E-state index is 14.0. The number of halogens is 2. The molecule has 3 aliphatic heterocycles. The maximum Gasteiger partial charge on any atom is 0.410 e. The molecule has 0 unspecified atom stereocenters. The Labute approximate surface area is 301 Å². The Bertz CT molecular complexity index is 1750. The van der Waals surface area contributed by atoms with Crippen LogP contribution >= 0.6 is 0 Å². The summed E-state index contributed by atoms with van der Waals surface area (Å²) in [6.07, 6.45) is -2.43. The summed E-state index contributed by atoms with van der Waals surface area (Å²) in [4.78, 5) is 70.4. The van der Waals surface area contributed by atoms with Gasteiger partial charge in [-0.2, -0.15) is 0 Å². The molecule has 0 spiro atoms. The average molecular weight is 750 g/mol. The fourth-order valence-electron chi connectivity index (χ4n) is 7.41. The van der Waals surface area contributed by atoms with Gasteiger partial charge in [-0.25, -0.2) is 26.8 Å². The Hall–Kier alpha value is -4.28. The second kappa shape index (κ2) is 14.3.